The molecule has 0 spiro atoms. The van der Waals surface area contributed by atoms with Gasteiger partial charge in [-0.15, -0.1) is 0 Å². The van der Waals surface area contributed by atoms with Crippen molar-refractivity contribution in [1.29, 1.82) is 0 Å². The van der Waals surface area contributed by atoms with E-state index < -0.39 is 17.8 Å². The smallest absolute Gasteiger partial charge is 0.392 e. The van der Waals surface area contributed by atoms with E-state index in [2.05, 4.69) is 10.2 Å². The summed E-state index contributed by atoms with van der Waals surface area (Å²) in [5.74, 6) is -0.0919. The number of benzene rings is 1. The van der Waals surface area contributed by atoms with E-state index >= 15 is 0 Å². The van der Waals surface area contributed by atoms with Crippen molar-refractivity contribution in [2.75, 3.05) is 19.6 Å². The van der Waals surface area contributed by atoms with Crippen LogP contribution in [0.15, 0.2) is 24.3 Å². The predicted octanol–water partition coefficient (Wildman–Crippen LogP) is 2.34. The normalized spacial score (nSPS) is 22.3. The highest BCUT2D eigenvalue weighted by molar-refractivity contribution is 5.72. The molecule has 7 heteroatoms. The van der Waals surface area contributed by atoms with Crippen LogP contribution in [0.2, 0.25) is 0 Å². The van der Waals surface area contributed by atoms with Gasteiger partial charge in [0, 0.05) is 32.6 Å². The van der Waals surface area contributed by atoms with Crippen molar-refractivity contribution < 1.29 is 23.1 Å². The molecule has 0 bridgehead atoms. The molecule has 1 heterocycles. The summed E-state index contributed by atoms with van der Waals surface area (Å²) in [7, 11) is 0. The third kappa shape index (κ3) is 4.94. The summed E-state index contributed by atoms with van der Waals surface area (Å²) in [6.07, 6.45) is -3.59. The number of hydrogen-bond acceptors (Lipinski definition) is 3. The van der Waals surface area contributed by atoms with Gasteiger partial charge in [-0.2, -0.15) is 13.2 Å². The number of amides is 1. The van der Waals surface area contributed by atoms with Crippen LogP contribution in [-0.2, 0) is 11.0 Å². The molecule has 0 aromatic heterocycles. The van der Waals surface area contributed by atoms with Crippen molar-refractivity contribution >= 4 is 5.91 Å². The molecule has 0 saturated carbocycles. The standard InChI is InChI=1S/C16H21F3N2O2/c1-11(22)20-7-2-8-21-10-14(23)9-15(21)12-3-5-13(6-4-12)16(17,18)19/h3-6,14-15,23H,2,7-10H2,1H3,(H,20,22). The van der Waals surface area contributed by atoms with Gasteiger partial charge in [-0.3, -0.25) is 9.69 Å². The average Bonchev–Trinajstić information content (AvgIpc) is 2.84. The summed E-state index contributed by atoms with van der Waals surface area (Å²) in [5.41, 5.74) is 0.103. The van der Waals surface area contributed by atoms with Crippen LogP contribution in [0.5, 0.6) is 0 Å². The summed E-state index contributed by atoms with van der Waals surface area (Å²) in [5, 5.41) is 12.6. The number of β-amino-alcohol motifs (C(OH)–C–C–N with tert-alkyl or cyclic N) is 1. The SMILES string of the molecule is CC(=O)NCCCN1CC(O)CC1c1ccc(C(F)(F)F)cc1. The van der Waals surface area contributed by atoms with Crippen LogP contribution >= 0.6 is 0 Å². The molecule has 23 heavy (non-hydrogen) atoms. The minimum atomic E-state index is -4.34. The fraction of sp³-hybridized carbons (Fsp3) is 0.562. The monoisotopic (exact) mass is 330 g/mol. The lowest BCUT2D eigenvalue weighted by Crippen LogP contribution is -2.29. The lowest BCUT2D eigenvalue weighted by molar-refractivity contribution is -0.137. The number of alkyl halides is 3. The Hall–Kier alpha value is -1.60. The second-order valence-corrected chi connectivity index (χ2v) is 5.86. The minimum absolute atomic E-state index is 0.0919. The Morgan fingerprint density at radius 1 is 1.35 bits per heavy atom. The van der Waals surface area contributed by atoms with E-state index in [1.807, 2.05) is 0 Å². The maximum atomic E-state index is 12.6. The second kappa shape index (κ2) is 7.31. The number of rotatable bonds is 5. The number of nitrogens with zero attached hydrogens (tertiary/aromatic N) is 1. The molecule has 0 radical (unpaired) electrons. The molecular formula is C16H21F3N2O2. The Bertz CT molecular complexity index is 531. The van der Waals surface area contributed by atoms with Crippen molar-refractivity contribution in [2.24, 2.45) is 0 Å². The largest absolute Gasteiger partial charge is 0.416 e. The topological polar surface area (TPSA) is 52.6 Å². The van der Waals surface area contributed by atoms with Crippen LogP contribution in [-0.4, -0.2) is 41.7 Å². The molecule has 128 valence electrons. The van der Waals surface area contributed by atoms with Crippen LogP contribution in [0.4, 0.5) is 13.2 Å². The Balaban J connectivity index is 1.99. The Morgan fingerprint density at radius 2 is 2.00 bits per heavy atom. The van der Waals surface area contributed by atoms with Gasteiger partial charge >= 0.3 is 6.18 Å². The highest BCUT2D eigenvalue weighted by atomic mass is 19.4. The van der Waals surface area contributed by atoms with Gasteiger partial charge in [-0.05, 0) is 30.5 Å². The molecule has 0 aliphatic carbocycles. The van der Waals surface area contributed by atoms with Crippen molar-refractivity contribution in [1.82, 2.24) is 10.2 Å². The molecule has 1 aromatic carbocycles. The zero-order valence-electron chi connectivity index (χ0n) is 12.9. The summed E-state index contributed by atoms with van der Waals surface area (Å²) in [4.78, 5) is 12.9. The van der Waals surface area contributed by atoms with Gasteiger partial charge in [0.1, 0.15) is 0 Å². The molecule has 1 aromatic rings. The van der Waals surface area contributed by atoms with Crippen LogP contribution in [0, 0.1) is 0 Å². The fourth-order valence-electron chi connectivity index (χ4n) is 2.91. The maximum absolute atomic E-state index is 12.6. The van der Waals surface area contributed by atoms with Crippen LogP contribution < -0.4 is 5.32 Å². The summed E-state index contributed by atoms with van der Waals surface area (Å²) in [6.45, 7) is 3.15. The summed E-state index contributed by atoms with van der Waals surface area (Å²) >= 11 is 0. The van der Waals surface area contributed by atoms with E-state index in [1.165, 1.54) is 19.1 Å². The van der Waals surface area contributed by atoms with E-state index in [-0.39, 0.29) is 11.9 Å². The van der Waals surface area contributed by atoms with Gasteiger partial charge in [-0.1, -0.05) is 12.1 Å². The number of hydrogen-bond donors (Lipinski definition) is 2. The number of carbonyl (C=O) groups excluding carboxylic acids is 1. The van der Waals surface area contributed by atoms with Gasteiger partial charge in [0.15, 0.2) is 0 Å². The van der Waals surface area contributed by atoms with E-state index in [4.69, 9.17) is 0 Å². The molecule has 1 aliphatic heterocycles. The molecule has 4 nitrogen and oxygen atoms in total. The van der Waals surface area contributed by atoms with Crippen LogP contribution in [0.25, 0.3) is 0 Å². The maximum Gasteiger partial charge on any atom is 0.416 e. The first kappa shape index (κ1) is 17.7. The summed E-state index contributed by atoms with van der Waals surface area (Å²) in [6, 6.07) is 5.02. The van der Waals surface area contributed by atoms with Crippen LogP contribution in [0.3, 0.4) is 0 Å². The van der Waals surface area contributed by atoms with Gasteiger partial charge in [0.25, 0.3) is 0 Å². The first-order chi connectivity index (χ1) is 10.8. The Labute approximate surface area is 133 Å². The zero-order valence-corrected chi connectivity index (χ0v) is 12.9. The van der Waals surface area contributed by atoms with Gasteiger partial charge in [-0.25, -0.2) is 0 Å². The number of aliphatic hydroxyl groups is 1. The Morgan fingerprint density at radius 3 is 2.57 bits per heavy atom. The molecule has 1 aliphatic rings. The first-order valence-electron chi connectivity index (χ1n) is 7.61. The average molecular weight is 330 g/mol. The van der Waals surface area contributed by atoms with Crippen LogP contribution in [0.1, 0.15) is 36.9 Å². The minimum Gasteiger partial charge on any atom is -0.392 e. The van der Waals surface area contributed by atoms with Gasteiger partial charge in [0.05, 0.1) is 11.7 Å². The number of aliphatic hydroxyl groups excluding tert-OH is 1. The number of carbonyl (C=O) groups is 1. The van der Waals surface area contributed by atoms with Gasteiger partial charge < -0.3 is 10.4 Å². The zero-order chi connectivity index (χ0) is 17.0. The third-order valence-corrected chi connectivity index (χ3v) is 4.00. The highest BCUT2D eigenvalue weighted by Crippen LogP contribution is 2.34. The molecule has 1 saturated heterocycles. The lowest BCUT2D eigenvalue weighted by atomic mass is 10.0. The van der Waals surface area contributed by atoms with E-state index in [0.717, 1.165) is 24.1 Å². The van der Waals surface area contributed by atoms with Crippen molar-refractivity contribution in [3.05, 3.63) is 35.4 Å². The van der Waals surface area contributed by atoms with E-state index in [0.29, 0.717) is 26.1 Å². The molecule has 1 fully saturated rings. The first-order valence-corrected chi connectivity index (χ1v) is 7.61. The molecule has 2 atom stereocenters. The third-order valence-electron chi connectivity index (χ3n) is 4.00. The second-order valence-electron chi connectivity index (χ2n) is 5.86. The highest BCUT2D eigenvalue weighted by Gasteiger charge is 2.33. The lowest BCUT2D eigenvalue weighted by Gasteiger charge is -2.24. The molecular weight excluding hydrogens is 309 g/mol. The summed E-state index contributed by atoms with van der Waals surface area (Å²) < 4.78 is 37.9. The molecule has 2 unspecified atom stereocenters. The number of halogens is 3. The Kier molecular flexibility index (Phi) is 5.64. The van der Waals surface area contributed by atoms with Gasteiger partial charge in [0.2, 0.25) is 5.91 Å². The van der Waals surface area contributed by atoms with E-state index in [1.54, 1.807) is 0 Å². The fourth-order valence-corrected chi connectivity index (χ4v) is 2.91. The molecule has 2 N–H and O–H groups in total. The van der Waals surface area contributed by atoms with E-state index in [9.17, 15) is 23.1 Å². The van der Waals surface area contributed by atoms with Crippen molar-refractivity contribution in [2.45, 2.75) is 38.1 Å². The van der Waals surface area contributed by atoms with Crippen molar-refractivity contribution in [3.8, 4) is 0 Å². The molecule has 1 amide bonds. The predicted molar refractivity (Wildman–Crippen MR) is 79.7 cm³/mol. The number of likely N-dealkylation sites (tertiary alicyclic amines) is 1. The van der Waals surface area contributed by atoms with Crippen molar-refractivity contribution in [3.63, 3.8) is 0 Å². The quantitative estimate of drug-likeness (QED) is 0.815. The number of nitrogens with one attached hydrogen (secondary N) is 1. The molecule has 2 rings (SSSR count).